The highest BCUT2D eigenvalue weighted by atomic mass is 19.1. The molecule has 0 fully saturated rings. The third-order valence-electron chi connectivity index (χ3n) is 5.44. The van der Waals surface area contributed by atoms with Gasteiger partial charge in [0.15, 0.2) is 0 Å². The van der Waals surface area contributed by atoms with Gasteiger partial charge in [0.25, 0.3) is 5.91 Å². The van der Waals surface area contributed by atoms with Crippen LogP contribution >= 0.6 is 0 Å². The summed E-state index contributed by atoms with van der Waals surface area (Å²) in [5.74, 6) is -1.56. The summed E-state index contributed by atoms with van der Waals surface area (Å²) in [5.41, 5.74) is 0.208. The highest BCUT2D eigenvalue weighted by Crippen LogP contribution is 2.28. The highest BCUT2D eigenvalue weighted by molar-refractivity contribution is 6.07. The molecule has 7 nitrogen and oxygen atoms in total. The number of rotatable bonds is 8. The van der Waals surface area contributed by atoms with Gasteiger partial charge < -0.3 is 20.5 Å². The molecule has 1 atom stereocenters. The van der Waals surface area contributed by atoms with Crippen molar-refractivity contribution in [2.45, 2.75) is 39.3 Å². The number of benzene rings is 2. The first kappa shape index (κ1) is 23.9. The quantitative estimate of drug-likeness (QED) is 0.460. The number of amides is 2. The number of nitrogens with zero attached hydrogens (tertiary/aromatic N) is 1. The van der Waals surface area contributed by atoms with Crippen molar-refractivity contribution in [3.8, 4) is 5.75 Å². The van der Waals surface area contributed by atoms with Gasteiger partial charge in [-0.15, -0.1) is 0 Å². The van der Waals surface area contributed by atoms with Crippen molar-refractivity contribution in [2.24, 2.45) is 0 Å². The topological polar surface area (TPSA) is 101 Å². The lowest BCUT2D eigenvalue weighted by Gasteiger charge is -2.28. The maximum atomic E-state index is 14.0. The molecular formula is C24H25F2N3O4. The minimum Gasteiger partial charge on any atom is -0.486 e. The molecule has 9 heteroatoms. The Morgan fingerprint density at radius 3 is 2.45 bits per heavy atom. The van der Waals surface area contributed by atoms with E-state index in [2.05, 4.69) is 15.6 Å². The Bertz CT molecular complexity index is 1180. The van der Waals surface area contributed by atoms with Crippen LogP contribution in [0.4, 0.5) is 13.6 Å². The molecule has 33 heavy (non-hydrogen) atoms. The summed E-state index contributed by atoms with van der Waals surface area (Å²) in [5, 5.41) is 14.7. The highest BCUT2D eigenvalue weighted by Gasteiger charge is 2.25. The fourth-order valence-corrected chi connectivity index (χ4v) is 3.36. The van der Waals surface area contributed by atoms with Crippen molar-refractivity contribution in [3.05, 3.63) is 70.9 Å². The number of hydrogen-bond donors (Lipinski definition) is 3. The molecule has 174 valence electrons. The molecule has 3 N–H and O–H groups in total. The second kappa shape index (κ2) is 9.81. The predicted molar refractivity (Wildman–Crippen MR) is 119 cm³/mol. The first-order valence-corrected chi connectivity index (χ1v) is 10.4. The van der Waals surface area contributed by atoms with Gasteiger partial charge in [0.05, 0.1) is 16.7 Å². The molecule has 0 aliphatic carbocycles. The van der Waals surface area contributed by atoms with Crippen LogP contribution < -0.4 is 15.4 Å². The molecule has 3 aromatic rings. The molecule has 3 rings (SSSR count). The van der Waals surface area contributed by atoms with Crippen LogP contribution in [0.3, 0.4) is 0 Å². The number of carbonyl (C=O) groups excluding carboxylic acids is 1. The smallest absolute Gasteiger partial charge is 0.405 e. The summed E-state index contributed by atoms with van der Waals surface area (Å²) in [4.78, 5) is 28.5. The molecule has 0 aliphatic heterocycles. The summed E-state index contributed by atoms with van der Waals surface area (Å²) in [6.45, 7) is 4.97. The summed E-state index contributed by atoms with van der Waals surface area (Å²) < 4.78 is 33.6. The number of fused-ring (bicyclic) bond motifs is 1. The lowest BCUT2D eigenvalue weighted by molar-refractivity contribution is 0.0938. The molecule has 0 bridgehead atoms. The lowest BCUT2D eigenvalue weighted by Crippen LogP contribution is -2.52. The third-order valence-corrected chi connectivity index (χ3v) is 5.44. The number of aromatic nitrogens is 1. The van der Waals surface area contributed by atoms with Crippen molar-refractivity contribution < 1.29 is 28.2 Å². The van der Waals surface area contributed by atoms with E-state index < -0.39 is 29.2 Å². The summed E-state index contributed by atoms with van der Waals surface area (Å²) in [6, 6.07) is 10.2. The number of para-hydroxylation sites is 1. The van der Waals surface area contributed by atoms with E-state index >= 15 is 0 Å². The Labute approximate surface area is 189 Å². The van der Waals surface area contributed by atoms with E-state index in [1.54, 1.807) is 38.1 Å². The van der Waals surface area contributed by atoms with Gasteiger partial charge in [0.2, 0.25) is 0 Å². The van der Waals surface area contributed by atoms with Crippen LogP contribution in [-0.2, 0) is 6.61 Å². The van der Waals surface area contributed by atoms with Crippen molar-refractivity contribution in [3.63, 3.8) is 0 Å². The summed E-state index contributed by atoms with van der Waals surface area (Å²) in [6.07, 6.45) is -0.702. The lowest BCUT2D eigenvalue weighted by atomic mass is 9.98. The van der Waals surface area contributed by atoms with Gasteiger partial charge in [0, 0.05) is 17.6 Å². The number of ether oxygens (including phenoxy) is 1. The van der Waals surface area contributed by atoms with Gasteiger partial charge in [-0.05, 0) is 44.5 Å². The Morgan fingerprint density at radius 2 is 1.82 bits per heavy atom. The van der Waals surface area contributed by atoms with E-state index in [-0.39, 0.29) is 24.5 Å². The maximum absolute atomic E-state index is 14.0. The van der Waals surface area contributed by atoms with Gasteiger partial charge in [-0.25, -0.2) is 18.6 Å². The molecule has 1 heterocycles. The maximum Gasteiger partial charge on any atom is 0.405 e. The van der Waals surface area contributed by atoms with E-state index in [1.807, 2.05) is 6.92 Å². The van der Waals surface area contributed by atoms with Gasteiger partial charge in [0.1, 0.15) is 29.5 Å². The van der Waals surface area contributed by atoms with Crippen LogP contribution in [0.1, 0.15) is 41.9 Å². The second-order valence-corrected chi connectivity index (χ2v) is 7.98. The Hall–Kier alpha value is -3.75. The van der Waals surface area contributed by atoms with E-state index in [1.165, 1.54) is 6.07 Å². The van der Waals surface area contributed by atoms with E-state index in [0.29, 0.717) is 28.6 Å². The average Bonchev–Trinajstić information content (AvgIpc) is 2.76. The number of carboxylic acid groups (broad SMARTS) is 1. The van der Waals surface area contributed by atoms with Gasteiger partial charge >= 0.3 is 6.09 Å². The standard InChI is InChI=1S/C24H25F2N3O4/c1-4-24(3,29-23(31)32)13-27-22(30)16-11-14(2)28-21-15(16)7-5-10-20(21)33-12-17-18(25)8-6-9-19(17)26/h5-11,29H,4,12-13H2,1-3H3,(H,27,30)(H,31,32). The Kier molecular flexibility index (Phi) is 7.10. The zero-order chi connectivity index (χ0) is 24.2. The van der Waals surface area contributed by atoms with Crippen LogP contribution in [0.5, 0.6) is 5.75 Å². The van der Waals surface area contributed by atoms with E-state index in [4.69, 9.17) is 9.84 Å². The van der Waals surface area contributed by atoms with Crippen molar-refractivity contribution >= 4 is 22.9 Å². The first-order valence-electron chi connectivity index (χ1n) is 10.4. The molecule has 0 spiro atoms. The molecule has 1 unspecified atom stereocenters. The summed E-state index contributed by atoms with van der Waals surface area (Å²) in [7, 11) is 0. The van der Waals surface area contributed by atoms with Crippen LogP contribution in [0.2, 0.25) is 0 Å². The SMILES string of the molecule is CCC(C)(CNC(=O)c1cc(C)nc2c(OCc3c(F)cccc3F)cccc12)NC(=O)O. The number of carbonyl (C=O) groups is 2. The number of nitrogens with one attached hydrogen (secondary N) is 2. The number of halogens is 2. The molecule has 0 saturated heterocycles. The van der Waals surface area contributed by atoms with Crippen LogP contribution in [0.15, 0.2) is 42.5 Å². The molecule has 0 saturated carbocycles. The first-order chi connectivity index (χ1) is 15.6. The normalized spacial score (nSPS) is 12.8. The van der Waals surface area contributed by atoms with Gasteiger partial charge in [-0.1, -0.05) is 25.1 Å². The van der Waals surface area contributed by atoms with Crippen molar-refractivity contribution in [1.82, 2.24) is 15.6 Å². The number of pyridine rings is 1. The molecule has 0 radical (unpaired) electrons. The zero-order valence-corrected chi connectivity index (χ0v) is 18.5. The Morgan fingerprint density at radius 1 is 1.15 bits per heavy atom. The van der Waals surface area contributed by atoms with Gasteiger partial charge in [-0.2, -0.15) is 0 Å². The number of aryl methyl sites for hydroxylation is 1. The van der Waals surface area contributed by atoms with Crippen LogP contribution in [0, 0.1) is 18.6 Å². The van der Waals surface area contributed by atoms with Crippen LogP contribution in [-0.4, -0.2) is 34.2 Å². The van der Waals surface area contributed by atoms with Gasteiger partial charge in [-0.3, -0.25) is 4.79 Å². The minimum absolute atomic E-state index is 0.0836. The fourth-order valence-electron chi connectivity index (χ4n) is 3.36. The third kappa shape index (κ3) is 5.54. The molecule has 2 aromatic carbocycles. The molecule has 1 aromatic heterocycles. The average molecular weight is 457 g/mol. The summed E-state index contributed by atoms with van der Waals surface area (Å²) >= 11 is 0. The second-order valence-electron chi connectivity index (χ2n) is 7.98. The molecule has 2 amide bonds. The van der Waals surface area contributed by atoms with Crippen LogP contribution in [0.25, 0.3) is 10.9 Å². The van der Waals surface area contributed by atoms with E-state index in [0.717, 1.165) is 12.1 Å². The zero-order valence-electron chi connectivity index (χ0n) is 18.5. The minimum atomic E-state index is -1.17. The van der Waals surface area contributed by atoms with E-state index in [9.17, 15) is 18.4 Å². The van der Waals surface area contributed by atoms with Crippen molar-refractivity contribution in [2.75, 3.05) is 6.54 Å². The molecule has 0 aliphatic rings. The van der Waals surface area contributed by atoms with Crippen molar-refractivity contribution in [1.29, 1.82) is 0 Å². The number of hydrogen-bond acceptors (Lipinski definition) is 4. The molecular weight excluding hydrogens is 432 g/mol. The fraction of sp³-hybridized carbons (Fsp3) is 0.292. The largest absolute Gasteiger partial charge is 0.486 e. The monoisotopic (exact) mass is 457 g/mol. The predicted octanol–water partition coefficient (Wildman–Crippen LogP) is 4.57. The Balaban J connectivity index is 1.88.